The van der Waals surface area contributed by atoms with Crippen molar-refractivity contribution >= 4 is 11.4 Å². The minimum absolute atomic E-state index is 0.0761. The molecule has 6 nitrogen and oxygen atoms in total. The fourth-order valence-corrected chi connectivity index (χ4v) is 4.70. The average Bonchev–Trinajstić information content (AvgIpc) is 3.29. The Hall–Kier alpha value is -2.93. The molecule has 2 unspecified atom stereocenters. The highest BCUT2D eigenvalue weighted by Crippen LogP contribution is 2.39. The van der Waals surface area contributed by atoms with Gasteiger partial charge in [0.05, 0.1) is 19.0 Å². The summed E-state index contributed by atoms with van der Waals surface area (Å²) in [6.07, 6.45) is 8.16. The fraction of sp³-hybridized carbons (Fsp3) is 0.462. The molecule has 0 radical (unpaired) electrons. The second-order valence-electron chi connectivity index (χ2n) is 9.10. The van der Waals surface area contributed by atoms with Crippen LogP contribution in [0.5, 0.6) is 11.5 Å². The van der Waals surface area contributed by atoms with Gasteiger partial charge in [-0.2, -0.15) is 0 Å². The average molecular weight is 452 g/mol. The third kappa shape index (κ3) is 4.60. The number of ketones is 1. The maximum atomic E-state index is 13.9. The highest BCUT2D eigenvalue weighted by atomic mass is 19.1. The number of nitrogens with zero attached hydrogens (tertiary/aromatic N) is 2. The molecule has 1 aromatic carbocycles. The topological polar surface area (TPSA) is 64.9 Å². The normalized spacial score (nSPS) is 19.1. The third-order valence-corrected chi connectivity index (χ3v) is 6.63. The molecule has 1 saturated carbocycles. The first-order valence-electron chi connectivity index (χ1n) is 11.8. The van der Waals surface area contributed by atoms with E-state index in [9.17, 15) is 9.18 Å². The van der Waals surface area contributed by atoms with Crippen molar-refractivity contribution in [3.8, 4) is 22.8 Å². The van der Waals surface area contributed by atoms with Crippen molar-refractivity contribution in [1.82, 2.24) is 14.7 Å². The lowest BCUT2D eigenvalue weighted by molar-refractivity contribution is 0.0817. The Morgan fingerprint density at radius 1 is 1.27 bits per heavy atom. The molecule has 3 heterocycles. The van der Waals surface area contributed by atoms with Gasteiger partial charge in [0.1, 0.15) is 22.7 Å². The number of nitrogens with one attached hydrogen (secondary N) is 1. The summed E-state index contributed by atoms with van der Waals surface area (Å²) >= 11 is 0. The number of hydrogen-bond donors (Lipinski definition) is 1. The van der Waals surface area contributed by atoms with Gasteiger partial charge in [-0.05, 0) is 61.6 Å². The Bertz CT molecular complexity index is 1160. The van der Waals surface area contributed by atoms with Crippen LogP contribution in [0.15, 0.2) is 36.7 Å². The standard InChI is InChI=1S/C26H30FN3O3/c1-16(27)33-24-13-19(12-23(32-2)26(24)22(31)8-7-17-5-6-17)21-15-29-25-14-18(9-11-30(21)25)20-4-3-10-28-20/h9,11-17,20,28H,3-8,10H2,1-2H3. The number of imidazole rings is 1. The molecular formula is C26H30FN3O3. The smallest absolute Gasteiger partial charge is 0.235 e. The Balaban J connectivity index is 1.53. The van der Waals surface area contributed by atoms with E-state index in [1.54, 1.807) is 12.3 Å². The lowest BCUT2D eigenvalue weighted by Gasteiger charge is -2.17. The van der Waals surface area contributed by atoms with Crippen molar-refractivity contribution in [1.29, 1.82) is 0 Å². The van der Waals surface area contributed by atoms with E-state index in [4.69, 9.17) is 9.47 Å². The summed E-state index contributed by atoms with van der Waals surface area (Å²) in [5.74, 6) is 1.16. The van der Waals surface area contributed by atoms with Gasteiger partial charge in [0.15, 0.2) is 5.78 Å². The Morgan fingerprint density at radius 3 is 2.79 bits per heavy atom. The van der Waals surface area contributed by atoms with Crippen molar-refractivity contribution in [2.75, 3.05) is 13.7 Å². The second kappa shape index (κ2) is 9.14. The molecule has 0 spiro atoms. The first-order chi connectivity index (χ1) is 16.0. The first kappa shape index (κ1) is 21.9. The van der Waals surface area contributed by atoms with E-state index in [0.29, 0.717) is 29.7 Å². The van der Waals surface area contributed by atoms with E-state index in [0.717, 1.165) is 36.3 Å². The molecule has 33 heavy (non-hydrogen) atoms. The van der Waals surface area contributed by atoms with E-state index in [1.807, 2.05) is 16.7 Å². The van der Waals surface area contributed by atoms with E-state index in [-0.39, 0.29) is 11.5 Å². The van der Waals surface area contributed by atoms with Crippen LogP contribution in [0.3, 0.4) is 0 Å². The fourth-order valence-electron chi connectivity index (χ4n) is 4.70. The molecule has 0 amide bonds. The van der Waals surface area contributed by atoms with E-state index in [2.05, 4.69) is 22.4 Å². The zero-order chi connectivity index (χ0) is 22.9. The van der Waals surface area contributed by atoms with Crippen molar-refractivity contribution in [2.24, 2.45) is 5.92 Å². The van der Waals surface area contributed by atoms with Crippen molar-refractivity contribution < 1.29 is 18.7 Å². The quantitative estimate of drug-likeness (QED) is 0.435. The van der Waals surface area contributed by atoms with E-state index < -0.39 is 6.36 Å². The number of alkyl halides is 1. The predicted octanol–water partition coefficient (Wildman–Crippen LogP) is 5.50. The number of ether oxygens (including phenoxy) is 2. The molecule has 7 heteroatoms. The van der Waals surface area contributed by atoms with Crippen LogP contribution in [0.1, 0.15) is 67.4 Å². The zero-order valence-corrected chi connectivity index (χ0v) is 19.1. The molecule has 1 aliphatic heterocycles. The van der Waals surface area contributed by atoms with Crippen LogP contribution in [-0.4, -0.2) is 35.2 Å². The number of carbonyl (C=O) groups excluding carboxylic acids is 1. The lowest BCUT2D eigenvalue weighted by Crippen LogP contribution is -2.13. The molecule has 5 rings (SSSR count). The number of fused-ring (bicyclic) bond motifs is 1. The predicted molar refractivity (Wildman–Crippen MR) is 125 cm³/mol. The van der Waals surface area contributed by atoms with Crippen LogP contribution in [0, 0.1) is 5.92 Å². The largest absolute Gasteiger partial charge is 0.496 e. The molecule has 2 aromatic heterocycles. The summed E-state index contributed by atoms with van der Waals surface area (Å²) < 4.78 is 27.0. The number of hydrogen-bond acceptors (Lipinski definition) is 5. The minimum atomic E-state index is -1.55. The van der Waals surface area contributed by atoms with Gasteiger partial charge in [-0.3, -0.25) is 9.20 Å². The SMILES string of the molecule is COc1cc(-c2cnc3cc(C4CCCN4)ccn23)cc(OC(C)F)c1C(=O)CCC1CC1. The molecule has 2 atom stereocenters. The molecule has 2 aliphatic rings. The highest BCUT2D eigenvalue weighted by Gasteiger charge is 2.26. The molecule has 0 bridgehead atoms. The lowest BCUT2D eigenvalue weighted by atomic mass is 9.99. The monoisotopic (exact) mass is 451 g/mol. The maximum Gasteiger partial charge on any atom is 0.235 e. The Morgan fingerprint density at radius 2 is 2.09 bits per heavy atom. The number of halogens is 1. The molecule has 1 saturated heterocycles. The second-order valence-corrected chi connectivity index (χ2v) is 9.10. The van der Waals surface area contributed by atoms with Gasteiger partial charge in [-0.1, -0.05) is 12.8 Å². The van der Waals surface area contributed by atoms with E-state index >= 15 is 0 Å². The molecule has 174 valence electrons. The van der Waals surface area contributed by atoms with Gasteiger partial charge in [0, 0.05) is 31.1 Å². The summed E-state index contributed by atoms with van der Waals surface area (Å²) in [4.78, 5) is 17.6. The number of aromatic nitrogens is 2. The minimum Gasteiger partial charge on any atom is -0.496 e. The van der Waals surface area contributed by atoms with Crippen LogP contribution in [0.2, 0.25) is 0 Å². The molecule has 2 fully saturated rings. The third-order valence-electron chi connectivity index (χ3n) is 6.63. The summed E-state index contributed by atoms with van der Waals surface area (Å²) in [5.41, 5.74) is 3.94. The maximum absolute atomic E-state index is 13.9. The van der Waals surface area contributed by atoms with Crippen LogP contribution in [0.25, 0.3) is 16.9 Å². The van der Waals surface area contributed by atoms with Gasteiger partial charge in [-0.15, -0.1) is 0 Å². The van der Waals surface area contributed by atoms with Gasteiger partial charge in [0.25, 0.3) is 0 Å². The van der Waals surface area contributed by atoms with Crippen molar-refractivity contribution in [3.63, 3.8) is 0 Å². The molecular weight excluding hydrogens is 421 g/mol. The number of methoxy groups -OCH3 is 1. The van der Waals surface area contributed by atoms with Crippen molar-refractivity contribution in [3.05, 3.63) is 47.8 Å². The first-order valence-corrected chi connectivity index (χ1v) is 11.8. The van der Waals surface area contributed by atoms with Gasteiger partial charge in [-0.25, -0.2) is 9.37 Å². The van der Waals surface area contributed by atoms with E-state index in [1.165, 1.54) is 38.9 Å². The van der Waals surface area contributed by atoms with Crippen molar-refractivity contribution in [2.45, 2.75) is 57.8 Å². The van der Waals surface area contributed by atoms with Crippen LogP contribution >= 0.6 is 0 Å². The number of pyridine rings is 1. The van der Waals surface area contributed by atoms with Gasteiger partial charge >= 0.3 is 0 Å². The zero-order valence-electron chi connectivity index (χ0n) is 19.1. The number of rotatable bonds is 9. The summed E-state index contributed by atoms with van der Waals surface area (Å²) in [6.45, 7) is 2.35. The molecule has 1 aliphatic carbocycles. The van der Waals surface area contributed by atoms with Crippen LogP contribution in [0.4, 0.5) is 4.39 Å². The summed E-state index contributed by atoms with van der Waals surface area (Å²) in [7, 11) is 1.52. The number of benzene rings is 1. The summed E-state index contributed by atoms with van der Waals surface area (Å²) in [5, 5.41) is 3.52. The van der Waals surface area contributed by atoms with Gasteiger partial charge < -0.3 is 14.8 Å². The number of carbonyl (C=O) groups is 1. The number of Topliss-reactive ketones (excluding diaryl/α,β-unsaturated/α-hetero) is 1. The highest BCUT2D eigenvalue weighted by molar-refractivity contribution is 6.02. The van der Waals surface area contributed by atoms with Crippen LogP contribution in [-0.2, 0) is 0 Å². The molecule has 1 N–H and O–H groups in total. The molecule has 3 aromatic rings. The Kier molecular flexibility index (Phi) is 6.06. The Labute approximate surface area is 193 Å². The summed E-state index contributed by atoms with van der Waals surface area (Å²) in [6, 6.07) is 8.10. The van der Waals surface area contributed by atoms with Gasteiger partial charge in [0.2, 0.25) is 6.36 Å². The van der Waals surface area contributed by atoms with Crippen LogP contribution < -0.4 is 14.8 Å².